The Morgan fingerprint density at radius 1 is 1.20 bits per heavy atom. The van der Waals surface area contributed by atoms with Gasteiger partial charge in [0.15, 0.2) is 0 Å². The maximum absolute atomic E-state index is 12.9. The Balaban J connectivity index is 1.68. The van der Waals surface area contributed by atoms with E-state index < -0.39 is 0 Å². The summed E-state index contributed by atoms with van der Waals surface area (Å²) in [6.07, 6.45) is 6.10. The fourth-order valence-corrected chi connectivity index (χ4v) is 4.13. The molecular formula is C20H30N2O3. The van der Waals surface area contributed by atoms with Crippen molar-refractivity contribution in [3.63, 3.8) is 0 Å². The molecule has 2 fully saturated rings. The molecule has 1 amide bonds. The Hall–Kier alpha value is -1.75. The van der Waals surface area contributed by atoms with E-state index in [0.29, 0.717) is 12.3 Å². The number of piperidine rings is 1. The minimum atomic E-state index is 0.102. The maximum atomic E-state index is 12.9. The third kappa shape index (κ3) is 4.27. The smallest absolute Gasteiger partial charge is 0.223 e. The average Bonchev–Trinajstić information content (AvgIpc) is 3.16. The number of benzene rings is 1. The molecule has 0 spiro atoms. The molecular weight excluding hydrogens is 316 g/mol. The molecule has 2 aliphatic heterocycles. The van der Waals surface area contributed by atoms with E-state index in [-0.39, 0.29) is 11.9 Å². The van der Waals surface area contributed by atoms with Gasteiger partial charge in [0.1, 0.15) is 11.5 Å². The van der Waals surface area contributed by atoms with Crippen molar-refractivity contribution < 1.29 is 14.3 Å². The first-order valence-corrected chi connectivity index (χ1v) is 9.45. The molecule has 0 aliphatic carbocycles. The first-order valence-electron chi connectivity index (χ1n) is 9.45. The number of rotatable bonds is 6. The molecule has 1 unspecified atom stereocenters. The van der Waals surface area contributed by atoms with Crippen molar-refractivity contribution >= 4 is 5.91 Å². The van der Waals surface area contributed by atoms with E-state index in [4.69, 9.17) is 9.47 Å². The molecule has 138 valence electrons. The summed E-state index contributed by atoms with van der Waals surface area (Å²) in [5.74, 6) is 2.62. The van der Waals surface area contributed by atoms with Gasteiger partial charge in [0.05, 0.1) is 20.3 Å². The van der Waals surface area contributed by atoms with Crippen LogP contribution in [-0.2, 0) is 4.79 Å². The summed E-state index contributed by atoms with van der Waals surface area (Å²) in [4.78, 5) is 14.9. The summed E-state index contributed by atoms with van der Waals surface area (Å²) in [5, 5.41) is 3.39. The Morgan fingerprint density at radius 2 is 2.00 bits per heavy atom. The number of carbonyl (C=O) groups excluding carboxylic acids is 1. The summed E-state index contributed by atoms with van der Waals surface area (Å²) in [7, 11) is 3.35. The van der Waals surface area contributed by atoms with Crippen LogP contribution in [-0.4, -0.2) is 44.7 Å². The molecule has 3 rings (SSSR count). The van der Waals surface area contributed by atoms with Crippen LogP contribution in [0.1, 0.15) is 50.1 Å². The van der Waals surface area contributed by atoms with Crippen LogP contribution in [0.25, 0.3) is 0 Å². The standard InChI is InChI=1S/C20H30N2O3/c1-24-16-6-7-19(25-2)17(14-16)18-4-3-13-22(18)20(23)8-5-15-9-11-21-12-10-15/h6-7,14-15,18,21H,3-5,8-13H2,1-2H3. The largest absolute Gasteiger partial charge is 0.497 e. The molecule has 2 aliphatic rings. The minimum Gasteiger partial charge on any atom is -0.497 e. The number of nitrogens with zero attached hydrogens (tertiary/aromatic N) is 1. The average molecular weight is 346 g/mol. The van der Waals surface area contributed by atoms with Gasteiger partial charge in [0.25, 0.3) is 0 Å². The van der Waals surface area contributed by atoms with Crippen LogP contribution in [0.5, 0.6) is 11.5 Å². The SMILES string of the molecule is COc1ccc(OC)c(C2CCCN2C(=O)CCC2CCNCC2)c1. The topological polar surface area (TPSA) is 50.8 Å². The maximum Gasteiger partial charge on any atom is 0.223 e. The molecule has 5 nitrogen and oxygen atoms in total. The highest BCUT2D eigenvalue weighted by molar-refractivity contribution is 5.77. The number of amides is 1. The van der Waals surface area contributed by atoms with Crippen LogP contribution in [0.2, 0.25) is 0 Å². The van der Waals surface area contributed by atoms with Gasteiger partial charge in [-0.2, -0.15) is 0 Å². The van der Waals surface area contributed by atoms with Crippen LogP contribution in [0, 0.1) is 5.92 Å². The van der Waals surface area contributed by atoms with Crippen molar-refractivity contribution in [2.75, 3.05) is 33.9 Å². The molecule has 25 heavy (non-hydrogen) atoms. The van der Waals surface area contributed by atoms with Crippen molar-refractivity contribution in [2.45, 2.75) is 44.6 Å². The molecule has 1 aromatic rings. The number of carbonyl (C=O) groups is 1. The lowest BCUT2D eigenvalue weighted by Gasteiger charge is -2.28. The second-order valence-electron chi connectivity index (χ2n) is 7.09. The number of hydrogen-bond donors (Lipinski definition) is 1. The van der Waals surface area contributed by atoms with Crippen LogP contribution >= 0.6 is 0 Å². The van der Waals surface area contributed by atoms with E-state index in [2.05, 4.69) is 10.2 Å². The van der Waals surface area contributed by atoms with Gasteiger partial charge in [-0.25, -0.2) is 0 Å². The van der Waals surface area contributed by atoms with Gasteiger partial charge in [-0.15, -0.1) is 0 Å². The van der Waals surface area contributed by atoms with Gasteiger partial charge in [0, 0.05) is 18.5 Å². The third-order valence-electron chi connectivity index (χ3n) is 5.59. The molecule has 0 saturated carbocycles. The van der Waals surface area contributed by atoms with Gasteiger partial charge < -0.3 is 19.7 Å². The Labute approximate surface area is 150 Å². The van der Waals surface area contributed by atoms with Gasteiger partial charge in [0.2, 0.25) is 5.91 Å². The number of hydrogen-bond acceptors (Lipinski definition) is 4. The fourth-order valence-electron chi connectivity index (χ4n) is 4.13. The molecule has 1 atom stereocenters. The molecule has 0 aromatic heterocycles. The van der Waals surface area contributed by atoms with Gasteiger partial charge >= 0.3 is 0 Å². The Bertz CT molecular complexity index is 584. The van der Waals surface area contributed by atoms with Crippen LogP contribution in [0.15, 0.2) is 18.2 Å². The van der Waals surface area contributed by atoms with Crippen molar-refractivity contribution in [3.8, 4) is 11.5 Å². The third-order valence-corrected chi connectivity index (χ3v) is 5.59. The Kier molecular flexibility index (Phi) is 6.19. The molecule has 1 N–H and O–H groups in total. The number of ether oxygens (including phenoxy) is 2. The normalized spacial score (nSPS) is 21.4. The lowest BCUT2D eigenvalue weighted by Crippen LogP contribution is -2.32. The van der Waals surface area contributed by atoms with Crippen LogP contribution in [0.4, 0.5) is 0 Å². The number of likely N-dealkylation sites (tertiary alicyclic amines) is 1. The van der Waals surface area contributed by atoms with Crippen molar-refractivity contribution in [1.29, 1.82) is 0 Å². The quantitative estimate of drug-likeness (QED) is 0.860. The number of nitrogens with one attached hydrogen (secondary N) is 1. The van der Waals surface area contributed by atoms with Gasteiger partial charge in [-0.3, -0.25) is 4.79 Å². The van der Waals surface area contributed by atoms with E-state index in [1.54, 1.807) is 14.2 Å². The van der Waals surface area contributed by atoms with E-state index in [1.807, 2.05) is 18.2 Å². The monoisotopic (exact) mass is 346 g/mol. The summed E-state index contributed by atoms with van der Waals surface area (Å²) in [6, 6.07) is 5.96. The highest BCUT2D eigenvalue weighted by Crippen LogP contribution is 2.39. The zero-order valence-corrected chi connectivity index (χ0v) is 15.4. The second kappa shape index (κ2) is 8.56. The first-order chi connectivity index (χ1) is 12.2. The predicted octanol–water partition coefficient (Wildman–Crippen LogP) is 3.15. The molecule has 1 aromatic carbocycles. The van der Waals surface area contributed by atoms with Crippen molar-refractivity contribution in [3.05, 3.63) is 23.8 Å². The number of methoxy groups -OCH3 is 2. The lowest BCUT2D eigenvalue weighted by atomic mass is 9.93. The van der Waals surface area contributed by atoms with Crippen molar-refractivity contribution in [1.82, 2.24) is 10.2 Å². The highest BCUT2D eigenvalue weighted by Gasteiger charge is 2.32. The Morgan fingerprint density at radius 3 is 2.72 bits per heavy atom. The zero-order chi connectivity index (χ0) is 17.6. The first kappa shape index (κ1) is 18.1. The van der Waals surface area contributed by atoms with E-state index in [9.17, 15) is 4.79 Å². The predicted molar refractivity (Wildman–Crippen MR) is 98.1 cm³/mol. The summed E-state index contributed by atoms with van der Waals surface area (Å²) >= 11 is 0. The second-order valence-corrected chi connectivity index (χ2v) is 7.09. The molecule has 0 radical (unpaired) electrons. The van der Waals surface area contributed by atoms with E-state index >= 15 is 0 Å². The summed E-state index contributed by atoms with van der Waals surface area (Å²) < 4.78 is 10.9. The van der Waals surface area contributed by atoms with Gasteiger partial charge in [-0.05, 0) is 69.3 Å². The van der Waals surface area contributed by atoms with Crippen LogP contribution < -0.4 is 14.8 Å². The summed E-state index contributed by atoms with van der Waals surface area (Å²) in [5.41, 5.74) is 1.06. The molecule has 2 heterocycles. The minimum absolute atomic E-state index is 0.102. The molecule has 2 saturated heterocycles. The zero-order valence-electron chi connectivity index (χ0n) is 15.4. The van der Waals surface area contributed by atoms with E-state index in [0.717, 1.165) is 56.0 Å². The van der Waals surface area contributed by atoms with Crippen molar-refractivity contribution in [2.24, 2.45) is 5.92 Å². The molecule has 0 bridgehead atoms. The van der Waals surface area contributed by atoms with E-state index in [1.165, 1.54) is 12.8 Å². The fraction of sp³-hybridized carbons (Fsp3) is 0.650. The summed E-state index contributed by atoms with van der Waals surface area (Å²) in [6.45, 7) is 3.02. The van der Waals surface area contributed by atoms with Crippen LogP contribution in [0.3, 0.4) is 0 Å². The molecule has 5 heteroatoms. The lowest BCUT2D eigenvalue weighted by molar-refractivity contribution is -0.132. The highest BCUT2D eigenvalue weighted by atomic mass is 16.5. The van der Waals surface area contributed by atoms with Gasteiger partial charge in [-0.1, -0.05) is 0 Å².